The molecule has 1 amide bonds. The first kappa shape index (κ1) is 21.1. The summed E-state index contributed by atoms with van der Waals surface area (Å²) >= 11 is 6.06. The molecule has 0 saturated carbocycles. The fraction of sp³-hybridized carbons (Fsp3) is 0.154. The quantitative estimate of drug-likeness (QED) is 0.355. The Labute approximate surface area is 194 Å². The number of aliphatic hydroxyl groups excluding tert-OH is 1. The van der Waals surface area contributed by atoms with Gasteiger partial charge in [0.1, 0.15) is 11.3 Å². The highest BCUT2D eigenvalue weighted by atomic mass is 35.5. The molecule has 0 spiro atoms. The Kier molecular flexibility index (Phi) is 5.30. The first-order chi connectivity index (χ1) is 16.0. The van der Waals surface area contributed by atoms with Crippen LogP contribution in [0.25, 0.3) is 11.0 Å². The highest BCUT2D eigenvalue weighted by molar-refractivity contribution is 6.31. The molecule has 3 heterocycles. The van der Waals surface area contributed by atoms with Gasteiger partial charge in [-0.15, -0.1) is 0 Å². The van der Waals surface area contributed by atoms with Crippen LogP contribution in [0.2, 0.25) is 5.02 Å². The molecule has 1 unspecified atom stereocenters. The van der Waals surface area contributed by atoms with Crippen LogP contribution in [-0.2, 0) is 17.8 Å². The minimum Gasteiger partial charge on any atom is -0.503 e. The standard InChI is InChI=1S/C26H20ClNO5/c1-2-15-5-7-16(8-6-15)23-22(25(30)26(31)28(23)14-19-4-3-11-32-19)24(29)21-13-17-12-18(27)9-10-20(17)33-21/h3-13,23,30H,2,14H2,1H3. The van der Waals surface area contributed by atoms with Crippen LogP contribution in [0.15, 0.2) is 87.1 Å². The Morgan fingerprint density at radius 2 is 1.91 bits per heavy atom. The van der Waals surface area contributed by atoms with E-state index in [1.165, 1.54) is 11.2 Å². The highest BCUT2D eigenvalue weighted by Crippen LogP contribution is 2.40. The summed E-state index contributed by atoms with van der Waals surface area (Å²) in [6, 6.07) is 16.9. The number of furan rings is 2. The Hall–Kier alpha value is -3.77. The third kappa shape index (κ3) is 3.72. The summed E-state index contributed by atoms with van der Waals surface area (Å²) in [5.41, 5.74) is 2.29. The maximum Gasteiger partial charge on any atom is 0.290 e. The SMILES string of the molecule is CCc1ccc(C2C(C(=O)c3cc4cc(Cl)ccc4o3)=C(O)C(=O)N2Cc2ccco2)cc1. The number of Topliss-reactive ketones (excluding diaryl/α,β-unsaturated/α-hetero) is 1. The lowest BCUT2D eigenvalue weighted by Crippen LogP contribution is -2.30. The topological polar surface area (TPSA) is 83.9 Å². The molecule has 33 heavy (non-hydrogen) atoms. The smallest absolute Gasteiger partial charge is 0.290 e. The molecular formula is C26H20ClNO5. The van der Waals surface area contributed by atoms with E-state index in [0.717, 1.165) is 12.0 Å². The summed E-state index contributed by atoms with van der Waals surface area (Å²) in [6.07, 6.45) is 2.37. The van der Waals surface area contributed by atoms with E-state index in [-0.39, 0.29) is 17.9 Å². The van der Waals surface area contributed by atoms with Gasteiger partial charge < -0.3 is 18.8 Å². The molecule has 2 aromatic heterocycles. The van der Waals surface area contributed by atoms with Crippen LogP contribution in [0.1, 0.15) is 40.4 Å². The van der Waals surface area contributed by atoms with Gasteiger partial charge in [-0.05, 0) is 53.9 Å². The predicted molar refractivity (Wildman–Crippen MR) is 123 cm³/mol. The van der Waals surface area contributed by atoms with Crippen LogP contribution in [0, 0.1) is 0 Å². The van der Waals surface area contributed by atoms with Crippen molar-refractivity contribution in [1.29, 1.82) is 0 Å². The minimum atomic E-state index is -0.794. The van der Waals surface area contributed by atoms with Crippen molar-refractivity contribution in [2.45, 2.75) is 25.9 Å². The maximum atomic E-state index is 13.6. The van der Waals surface area contributed by atoms with Crippen molar-refractivity contribution in [2.24, 2.45) is 0 Å². The van der Waals surface area contributed by atoms with Crippen molar-refractivity contribution in [3.05, 3.63) is 106 Å². The molecule has 0 fully saturated rings. The van der Waals surface area contributed by atoms with E-state index in [1.807, 2.05) is 31.2 Å². The number of halogens is 1. The number of carbonyl (C=O) groups is 2. The average Bonchev–Trinajstić information content (AvgIpc) is 3.54. The highest BCUT2D eigenvalue weighted by Gasteiger charge is 2.44. The van der Waals surface area contributed by atoms with Gasteiger partial charge in [0.2, 0.25) is 5.78 Å². The molecule has 0 bridgehead atoms. The molecule has 1 atom stereocenters. The number of aryl methyl sites for hydroxylation is 1. The van der Waals surface area contributed by atoms with Crippen molar-refractivity contribution in [2.75, 3.05) is 0 Å². The van der Waals surface area contributed by atoms with Gasteiger partial charge in [0, 0.05) is 10.4 Å². The molecule has 4 aromatic rings. The van der Waals surface area contributed by atoms with E-state index in [4.69, 9.17) is 20.4 Å². The number of hydrogen-bond donors (Lipinski definition) is 1. The number of ketones is 1. The van der Waals surface area contributed by atoms with Crippen LogP contribution in [0.3, 0.4) is 0 Å². The number of amides is 1. The second-order valence-corrected chi connectivity index (χ2v) is 8.33. The summed E-state index contributed by atoms with van der Waals surface area (Å²) in [5, 5.41) is 12.0. The Morgan fingerprint density at radius 3 is 2.61 bits per heavy atom. The molecule has 0 saturated heterocycles. The van der Waals surface area contributed by atoms with Gasteiger partial charge >= 0.3 is 0 Å². The average molecular weight is 462 g/mol. The first-order valence-corrected chi connectivity index (χ1v) is 10.9. The van der Waals surface area contributed by atoms with Gasteiger partial charge in [-0.1, -0.05) is 42.8 Å². The maximum absolute atomic E-state index is 13.6. The summed E-state index contributed by atoms with van der Waals surface area (Å²) in [5.74, 6) is -1.22. The molecule has 6 nitrogen and oxygen atoms in total. The lowest BCUT2D eigenvalue weighted by molar-refractivity contribution is -0.130. The molecule has 1 aliphatic rings. The summed E-state index contributed by atoms with van der Waals surface area (Å²) in [6.45, 7) is 2.15. The van der Waals surface area contributed by atoms with E-state index in [1.54, 1.807) is 36.4 Å². The lowest BCUT2D eigenvalue weighted by Gasteiger charge is -2.26. The number of fused-ring (bicyclic) bond motifs is 1. The summed E-state index contributed by atoms with van der Waals surface area (Å²) in [7, 11) is 0. The van der Waals surface area contributed by atoms with E-state index < -0.39 is 23.5 Å². The van der Waals surface area contributed by atoms with Gasteiger partial charge in [-0.2, -0.15) is 0 Å². The fourth-order valence-corrected chi connectivity index (χ4v) is 4.34. The van der Waals surface area contributed by atoms with Crippen LogP contribution in [0.4, 0.5) is 0 Å². The van der Waals surface area contributed by atoms with Crippen LogP contribution in [-0.4, -0.2) is 21.7 Å². The minimum absolute atomic E-state index is 0.0247. The molecule has 1 aliphatic heterocycles. The van der Waals surface area contributed by atoms with Gasteiger partial charge in [0.25, 0.3) is 5.91 Å². The molecule has 166 valence electrons. The Balaban J connectivity index is 1.59. The van der Waals surface area contributed by atoms with E-state index in [0.29, 0.717) is 27.3 Å². The van der Waals surface area contributed by atoms with Crippen molar-refractivity contribution >= 4 is 34.3 Å². The molecule has 2 aromatic carbocycles. The number of aliphatic hydroxyl groups is 1. The second kappa shape index (κ2) is 8.30. The fourth-order valence-electron chi connectivity index (χ4n) is 4.16. The molecule has 1 N–H and O–H groups in total. The predicted octanol–water partition coefficient (Wildman–Crippen LogP) is 6.02. The summed E-state index contributed by atoms with van der Waals surface area (Å²) < 4.78 is 11.2. The van der Waals surface area contributed by atoms with Crippen LogP contribution >= 0.6 is 11.6 Å². The number of nitrogens with zero attached hydrogens (tertiary/aromatic N) is 1. The molecule has 7 heteroatoms. The van der Waals surface area contributed by atoms with Crippen LogP contribution in [0.5, 0.6) is 0 Å². The second-order valence-electron chi connectivity index (χ2n) is 7.89. The van der Waals surface area contributed by atoms with Crippen LogP contribution < -0.4 is 0 Å². The van der Waals surface area contributed by atoms with E-state index >= 15 is 0 Å². The summed E-state index contributed by atoms with van der Waals surface area (Å²) in [4.78, 5) is 28.1. The Bertz CT molecular complexity index is 1380. The molecular weight excluding hydrogens is 442 g/mol. The lowest BCUT2D eigenvalue weighted by atomic mass is 9.94. The van der Waals surface area contributed by atoms with E-state index in [2.05, 4.69) is 0 Å². The first-order valence-electron chi connectivity index (χ1n) is 10.6. The third-order valence-corrected chi connectivity index (χ3v) is 6.10. The van der Waals surface area contributed by atoms with Gasteiger partial charge in [0.15, 0.2) is 11.5 Å². The monoisotopic (exact) mass is 461 g/mol. The van der Waals surface area contributed by atoms with E-state index in [9.17, 15) is 14.7 Å². The molecule has 0 radical (unpaired) electrons. The normalized spacial score (nSPS) is 16.2. The third-order valence-electron chi connectivity index (χ3n) is 5.86. The molecule has 5 rings (SSSR count). The number of carbonyl (C=O) groups excluding carboxylic acids is 2. The van der Waals surface area contributed by atoms with Crippen molar-refractivity contribution in [1.82, 2.24) is 4.90 Å². The molecule has 0 aliphatic carbocycles. The van der Waals surface area contributed by atoms with Gasteiger partial charge in [0.05, 0.1) is 24.4 Å². The van der Waals surface area contributed by atoms with Crippen molar-refractivity contribution in [3.8, 4) is 0 Å². The van der Waals surface area contributed by atoms with Gasteiger partial charge in [-0.3, -0.25) is 9.59 Å². The number of benzene rings is 2. The zero-order valence-electron chi connectivity index (χ0n) is 17.7. The largest absolute Gasteiger partial charge is 0.503 e. The van der Waals surface area contributed by atoms with Gasteiger partial charge in [-0.25, -0.2) is 0 Å². The Morgan fingerprint density at radius 1 is 1.12 bits per heavy atom. The number of rotatable bonds is 6. The zero-order valence-corrected chi connectivity index (χ0v) is 18.5. The van der Waals surface area contributed by atoms with Crippen molar-refractivity contribution < 1.29 is 23.5 Å². The zero-order chi connectivity index (χ0) is 23.1. The number of hydrogen-bond acceptors (Lipinski definition) is 5. The van der Waals surface area contributed by atoms with Crippen molar-refractivity contribution in [3.63, 3.8) is 0 Å².